The van der Waals surface area contributed by atoms with E-state index >= 15 is 0 Å². The lowest BCUT2D eigenvalue weighted by atomic mass is 9.57. The van der Waals surface area contributed by atoms with E-state index in [0.29, 0.717) is 0 Å². The molecule has 0 aliphatic heterocycles. The quantitative estimate of drug-likeness (QED) is 0.241. The number of rotatable bonds is 0. The SMILES string of the molecule is ClC1=C(Cl)[C@]2(Cl)[C@@H]3[C@@H]4[C@H](c5ccccc5[C@@H]3[C@@]1(Cl)C2(Cl)Cl)[C@]1(Cl)C(Cl)=C(Cl)[C@@]4(Cl)C1(Cl)Cl. The van der Waals surface area contributed by atoms with Crippen LogP contribution in [0, 0.1) is 11.8 Å². The van der Waals surface area contributed by atoms with Crippen LogP contribution < -0.4 is 0 Å². The number of halogens is 12. The number of alkyl halides is 8. The van der Waals surface area contributed by atoms with Crippen LogP contribution in [0.1, 0.15) is 23.0 Å². The van der Waals surface area contributed by atoms with Gasteiger partial charge in [0.2, 0.25) is 0 Å². The standard InChI is InChI=1S/C20H8Cl12/c21-11-13(23)17(27)9-7(15(11,25)19(17,29)30)5-3-1-2-4-6(5)8-10(9)18(28)14(24)12(22)16(8,26)20(18,31)32/h1-4,7-10H/t7-,8-,9-,10-,15-,16-,17+,18+/m0/s1. The Morgan fingerprint density at radius 2 is 0.750 bits per heavy atom. The van der Waals surface area contributed by atoms with E-state index in [1.165, 1.54) is 0 Å². The van der Waals surface area contributed by atoms with Crippen LogP contribution in [0.4, 0.5) is 0 Å². The molecule has 32 heavy (non-hydrogen) atoms. The summed E-state index contributed by atoms with van der Waals surface area (Å²) in [5.74, 6) is -2.54. The molecule has 0 amide bonds. The average Bonchev–Trinajstić information content (AvgIpc) is 3.08. The molecular weight excluding hydrogens is 666 g/mol. The van der Waals surface area contributed by atoms with Gasteiger partial charge in [-0.1, -0.05) is 117 Å². The van der Waals surface area contributed by atoms with E-state index in [9.17, 15) is 0 Å². The molecule has 12 heteroatoms. The maximum Gasteiger partial charge on any atom is 0.167 e. The molecule has 2 fully saturated rings. The van der Waals surface area contributed by atoms with Crippen LogP contribution in [0.25, 0.3) is 0 Å². The molecule has 4 bridgehead atoms. The normalized spacial score (nSPS) is 51.2. The van der Waals surface area contributed by atoms with Gasteiger partial charge in [-0.15, -0.1) is 46.4 Å². The zero-order valence-corrected chi connectivity index (χ0v) is 24.2. The second-order valence-corrected chi connectivity index (χ2v) is 15.4. The first-order chi connectivity index (χ1) is 14.6. The fourth-order valence-electron chi connectivity index (χ4n) is 6.85. The summed E-state index contributed by atoms with van der Waals surface area (Å²) in [6.07, 6.45) is 0. The zero-order valence-electron chi connectivity index (χ0n) is 15.2. The number of hydrogen-bond donors (Lipinski definition) is 0. The third kappa shape index (κ3) is 2.00. The number of hydrogen-bond acceptors (Lipinski definition) is 0. The molecule has 1 aromatic rings. The van der Waals surface area contributed by atoms with Gasteiger partial charge in [0, 0.05) is 23.7 Å². The summed E-state index contributed by atoms with van der Waals surface area (Å²) in [6, 6.07) is 7.51. The molecule has 8 atom stereocenters. The lowest BCUT2D eigenvalue weighted by Gasteiger charge is -2.52. The van der Waals surface area contributed by atoms with Crippen LogP contribution in [-0.2, 0) is 0 Å². The van der Waals surface area contributed by atoms with Gasteiger partial charge in [0.1, 0.15) is 19.5 Å². The first-order valence-electron chi connectivity index (χ1n) is 9.33. The van der Waals surface area contributed by atoms with Gasteiger partial charge in [-0.3, -0.25) is 0 Å². The van der Waals surface area contributed by atoms with Crippen LogP contribution in [0.5, 0.6) is 0 Å². The Bertz CT molecular complexity index is 1100. The summed E-state index contributed by atoms with van der Waals surface area (Å²) < 4.78 is -3.60. The van der Waals surface area contributed by atoms with Crippen molar-refractivity contribution in [2.75, 3.05) is 0 Å². The topological polar surface area (TPSA) is 0 Å². The molecule has 5 aliphatic rings. The molecule has 2 saturated carbocycles. The van der Waals surface area contributed by atoms with Crippen LogP contribution in [-0.4, -0.2) is 28.2 Å². The van der Waals surface area contributed by atoms with Crippen molar-refractivity contribution in [3.63, 3.8) is 0 Å². The molecule has 0 heterocycles. The minimum atomic E-state index is -1.80. The monoisotopic (exact) mass is 668 g/mol. The lowest BCUT2D eigenvalue weighted by Crippen LogP contribution is -2.53. The third-order valence-electron chi connectivity index (χ3n) is 8.04. The molecule has 0 saturated heterocycles. The van der Waals surface area contributed by atoms with Crippen LogP contribution in [0.2, 0.25) is 0 Å². The first-order valence-corrected chi connectivity index (χ1v) is 13.9. The van der Waals surface area contributed by atoms with Gasteiger partial charge >= 0.3 is 0 Å². The summed E-state index contributed by atoms with van der Waals surface area (Å²) >= 11 is 83.3. The molecule has 0 nitrogen and oxygen atoms in total. The van der Waals surface area contributed by atoms with E-state index in [0.717, 1.165) is 11.1 Å². The Morgan fingerprint density at radius 3 is 1.06 bits per heavy atom. The smallest absolute Gasteiger partial charge is 0.109 e. The molecule has 0 aromatic heterocycles. The van der Waals surface area contributed by atoms with E-state index in [1.54, 1.807) is 0 Å². The van der Waals surface area contributed by atoms with Crippen molar-refractivity contribution in [3.05, 3.63) is 55.5 Å². The minimum absolute atomic E-state index is 0.0489. The fraction of sp³-hybridized carbons (Fsp3) is 0.500. The molecule has 0 radical (unpaired) electrons. The van der Waals surface area contributed by atoms with Gasteiger partial charge in [0.05, 0.1) is 20.1 Å². The van der Waals surface area contributed by atoms with Crippen molar-refractivity contribution >= 4 is 139 Å². The summed E-state index contributed by atoms with van der Waals surface area (Å²) in [5.41, 5.74) is 1.59. The Labute approximate surface area is 244 Å². The molecular formula is C20H8Cl12. The summed E-state index contributed by atoms with van der Waals surface area (Å²) in [4.78, 5) is -6.33. The van der Waals surface area contributed by atoms with Crippen molar-refractivity contribution in [2.24, 2.45) is 11.8 Å². The van der Waals surface area contributed by atoms with Gasteiger partial charge in [0.15, 0.2) is 8.67 Å². The van der Waals surface area contributed by atoms with Gasteiger partial charge in [-0.2, -0.15) is 0 Å². The lowest BCUT2D eigenvalue weighted by molar-refractivity contribution is 0.201. The highest BCUT2D eigenvalue weighted by Crippen LogP contribution is 2.88. The van der Waals surface area contributed by atoms with Gasteiger partial charge in [-0.25, -0.2) is 0 Å². The molecule has 1 aromatic carbocycles. The van der Waals surface area contributed by atoms with Crippen molar-refractivity contribution < 1.29 is 0 Å². The summed E-state index contributed by atoms with van der Waals surface area (Å²) in [7, 11) is 0. The fourth-order valence-corrected chi connectivity index (χ4v) is 12.9. The van der Waals surface area contributed by atoms with Gasteiger partial charge in [-0.05, 0) is 11.1 Å². The second kappa shape index (κ2) is 6.59. The molecule has 0 unspecified atom stereocenters. The Kier molecular flexibility index (Phi) is 5.05. The molecule has 6 rings (SSSR count). The maximum atomic E-state index is 7.25. The highest BCUT2D eigenvalue weighted by atomic mass is 35.5. The molecule has 0 spiro atoms. The minimum Gasteiger partial charge on any atom is -0.109 e. The van der Waals surface area contributed by atoms with Crippen molar-refractivity contribution in [2.45, 2.75) is 40.0 Å². The largest absolute Gasteiger partial charge is 0.167 e. The molecule has 5 aliphatic carbocycles. The van der Waals surface area contributed by atoms with Gasteiger partial charge in [0.25, 0.3) is 0 Å². The Balaban J connectivity index is 1.78. The Hall–Kier alpha value is 2.18. The predicted molar refractivity (Wildman–Crippen MR) is 140 cm³/mol. The highest BCUT2D eigenvalue weighted by molar-refractivity contribution is 6.67. The van der Waals surface area contributed by atoms with Crippen molar-refractivity contribution in [1.82, 2.24) is 0 Å². The van der Waals surface area contributed by atoms with E-state index in [4.69, 9.17) is 139 Å². The van der Waals surface area contributed by atoms with Crippen LogP contribution in [0.15, 0.2) is 44.4 Å². The predicted octanol–water partition coefficient (Wildman–Crippen LogP) is 9.79. The molecule has 0 N–H and O–H groups in total. The number of benzene rings is 1. The summed E-state index contributed by atoms with van der Waals surface area (Å²) in [6.45, 7) is 0. The van der Waals surface area contributed by atoms with E-state index < -0.39 is 51.8 Å². The van der Waals surface area contributed by atoms with E-state index in [-0.39, 0.29) is 20.1 Å². The van der Waals surface area contributed by atoms with Crippen LogP contribution in [0.3, 0.4) is 0 Å². The third-order valence-corrected chi connectivity index (χ3v) is 16.6. The molecule has 172 valence electrons. The number of fused-ring (bicyclic) bond motifs is 14. The number of allylic oxidation sites excluding steroid dienone is 4. The first kappa shape index (κ1) is 24.5. The zero-order chi connectivity index (χ0) is 23.6. The average molecular weight is 674 g/mol. The van der Waals surface area contributed by atoms with Crippen LogP contribution >= 0.6 is 139 Å². The Morgan fingerprint density at radius 1 is 0.469 bits per heavy atom. The van der Waals surface area contributed by atoms with Crippen molar-refractivity contribution in [3.8, 4) is 0 Å². The highest BCUT2D eigenvalue weighted by Gasteiger charge is 2.91. The van der Waals surface area contributed by atoms with Gasteiger partial charge < -0.3 is 0 Å². The maximum absolute atomic E-state index is 7.25. The van der Waals surface area contributed by atoms with E-state index in [1.807, 2.05) is 24.3 Å². The second-order valence-electron chi connectivity index (χ2n) is 8.89. The van der Waals surface area contributed by atoms with Crippen molar-refractivity contribution in [1.29, 1.82) is 0 Å². The summed E-state index contributed by atoms with van der Waals surface area (Å²) in [5, 5.41) is 0.274. The van der Waals surface area contributed by atoms with E-state index in [2.05, 4.69) is 0 Å².